The molecule has 7 heteroatoms. The van der Waals surface area contributed by atoms with Crippen LogP contribution in [0.5, 0.6) is 0 Å². The molecule has 1 aliphatic heterocycles. The highest BCUT2D eigenvalue weighted by Gasteiger charge is 2.24. The average Bonchev–Trinajstić information content (AvgIpc) is 2.49. The van der Waals surface area contributed by atoms with Gasteiger partial charge in [-0.25, -0.2) is 8.42 Å². The van der Waals surface area contributed by atoms with E-state index in [9.17, 15) is 8.42 Å². The number of aromatic nitrogens is 1. The Bertz CT molecular complexity index is 452. The first-order valence-corrected chi connectivity index (χ1v) is 7.26. The van der Waals surface area contributed by atoms with Gasteiger partial charge in [0.1, 0.15) is 10.8 Å². The molecule has 0 radical (unpaired) electrons. The molecule has 0 aliphatic carbocycles. The molecule has 2 rings (SSSR count). The first kappa shape index (κ1) is 10.7. The van der Waals surface area contributed by atoms with Crippen molar-refractivity contribution in [2.24, 2.45) is 0 Å². The highest BCUT2D eigenvalue weighted by molar-refractivity contribution is 7.91. The zero-order valence-corrected chi connectivity index (χ0v) is 10.1. The van der Waals surface area contributed by atoms with Crippen LogP contribution in [0.1, 0.15) is 5.56 Å². The van der Waals surface area contributed by atoms with Crippen molar-refractivity contribution >= 4 is 32.2 Å². The average molecular weight is 247 g/mol. The third-order valence-corrected chi connectivity index (χ3v) is 5.20. The summed E-state index contributed by atoms with van der Waals surface area (Å²) in [6.45, 7) is 3.01. The van der Waals surface area contributed by atoms with Crippen LogP contribution in [0, 0.1) is 6.92 Å². The lowest BCUT2D eigenvalue weighted by Gasteiger charge is -2.27. The number of sulfone groups is 1. The fourth-order valence-electron chi connectivity index (χ4n) is 1.55. The SMILES string of the molecule is Cc1c(N)nsc1N1CCS(=O)(=O)CC1. The zero-order chi connectivity index (χ0) is 11.1. The maximum atomic E-state index is 11.3. The lowest BCUT2D eigenvalue weighted by atomic mass is 10.3. The van der Waals surface area contributed by atoms with E-state index >= 15 is 0 Å². The van der Waals surface area contributed by atoms with E-state index in [1.807, 2.05) is 11.8 Å². The maximum absolute atomic E-state index is 11.3. The third kappa shape index (κ3) is 2.07. The molecular formula is C8H13N3O2S2. The van der Waals surface area contributed by atoms with Crippen LogP contribution >= 0.6 is 11.5 Å². The van der Waals surface area contributed by atoms with Gasteiger partial charge < -0.3 is 10.6 Å². The van der Waals surface area contributed by atoms with E-state index in [-0.39, 0.29) is 11.5 Å². The number of nitrogen functional groups attached to an aromatic ring is 1. The summed E-state index contributed by atoms with van der Waals surface area (Å²) in [5.74, 6) is 0.998. The predicted octanol–water partition coefficient (Wildman–Crippen LogP) is 0.269. The number of rotatable bonds is 1. The first-order valence-electron chi connectivity index (χ1n) is 4.67. The van der Waals surface area contributed by atoms with Crippen LogP contribution in [0.15, 0.2) is 0 Å². The van der Waals surface area contributed by atoms with E-state index in [2.05, 4.69) is 4.37 Å². The minimum atomic E-state index is -2.82. The molecule has 1 fully saturated rings. The van der Waals surface area contributed by atoms with Gasteiger partial charge in [0, 0.05) is 18.7 Å². The summed E-state index contributed by atoms with van der Waals surface area (Å²) < 4.78 is 26.6. The highest BCUT2D eigenvalue weighted by atomic mass is 32.2. The number of hydrogen-bond donors (Lipinski definition) is 1. The minimum absolute atomic E-state index is 0.226. The molecular weight excluding hydrogens is 234 g/mol. The number of nitrogens with zero attached hydrogens (tertiary/aromatic N) is 2. The minimum Gasteiger partial charge on any atom is -0.383 e. The van der Waals surface area contributed by atoms with Gasteiger partial charge in [-0.2, -0.15) is 4.37 Å². The fraction of sp³-hybridized carbons (Fsp3) is 0.625. The van der Waals surface area contributed by atoms with Crippen molar-refractivity contribution in [3.8, 4) is 0 Å². The van der Waals surface area contributed by atoms with Crippen LogP contribution in [0.25, 0.3) is 0 Å². The van der Waals surface area contributed by atoms with Crippen LogP contribution in [-0.2, 0) is 9.84 Å². The smallest absolute Gasteiger partial charge is 0.153 e. The predicted molar refractivity (Wildman–Crippen MR) is 62.1 cm³/mol. The Balaban J connectivity index is 2.18. The Labute approximate surface area is 93.0 Å². The van der Waals surface area contributed by atoms with Crippen molar-refractivity contribution in [2.45, 2.75) is 6.92 Å². The quantitative estimate of drug-likeness (QED) is 0.771. The van der Waals surface area contributed by atoms with Gasteiger partial charge in [-0.05, 0) is 18.5 Å². The summed E-state index contributed by atoms with van der Waals surface area (Å²) >= 11 is 1.34. The molecule has 0 aromatic carbocycles. The van der Waals surface area contributed by atoms with Crippen molar-refractivity contribution in [3.63, 3.8) is 0 Å². The lowest BCUT2D eigenvalue weighted by Crippen LogP contribution is -2.40. The second-order valence-corrected chi connectivity index (χ2v) is 6.69. The number of nitrogens with two attached hydrogens (primary N) is 1. The van der Waals surface area contributed by atoms with E-state index in [1.54, 1.807) is 0 Å². The fourth-order valence-corrected chi connectivity index (χ4v) is 3.61. The largest absolute Gasteiger partial charge is 0.383 e. The Morgan fingerprint density at radius 2 is 2.00 bits per heavy atom. The number of hydrogen-bond acceptors (Lipinski definition) is 6. The van der Waals surface area contributed by atoms with Crippen LogP contribution in [-0.4, -0.2) is 37.4 Å². The van der Waals surface area contributed by atoms with Crippen molar-refractivity contribution in [1.29, 1.82) is 0 Å². The standard InChI is InChI=1S/C8H13N3O2S2/c1-6-7(9)10-14-8(6)11-2-4-15(12,13)5-3-11/h2-5H2,1H3,(H2,9,10). The topological polar surface area (TPSA) is 76.3 Å². The molecule has 2 heterocycles. The van der Waals surface area contributed by atoms with Gasteiger partial charge in [0.15, 0.2) is 9.84 Å². The Morgan fingerprint density at radius 1 is 1.40 bits per heavy atom. The van der Waals surface area contributed by atoms with E-state index in [4.69, 9.17) is 5.73 Å². The van der Waals surface area contributed by atoms with Gasteiger partial charge in [-0.15, -0.1) is 0 Å². The lowest BCUT2D eigenvalue weighted by molar-refractivity contribution is 0.587. The highest BCUT2D eigenvalue weighted by Crippen LogP contribution is 2.30. The molecule has 0 bridgehead atoms. The van der Waals surface area contributed by atoms with E-state index in [0.717, 1.165) is 10.6 Å². The van der Waals surface area contributed by atoms with Gasteiger partial charge in [-0.1, -0.05) is 0 Å². The summed E-state index contributed by atoms with van der Waals surface area (Å²) in [6.07, 6.45) is 0. The van der Waals surface area contributed by atoms with Crippen LogP contribution in [0.4, 0.5) is 10.8 Å². The summed E-state index contributed by atoms with van der Waals surface area (Å²) in [4.78, 5) is 2.05. The molecule has 15 heavy (non-hydrogen) atoms. The molecule has 2 N–H and O–H groups in total. The Hall–Kier alpha value is -0.820. The molecule has 0 saturated carbocycles. The molecule has 5 nitrogen and oxygen atoms in total. The second-order valence-electron chi connectivity index (χ2n) is 3.64. The molecule has 0 amide bonds. The summed E-state index contributed by atoms with van der Waals surface area (Å²) in [5, 5.41) is 1.00. The molecule has 1 aromatic rings. The van der Waals surface area contributed by atoms with Crippen molar-refractivity contribution in [1.82, 2.24) is 4.37 Å². The zero-order valence-electron chi connectivity index (χ0n) is 8.43. The molecule has 84 valence electrons. The Morgan fingerprint density at radius 3 is 2.47 bits per heavy atom. The van der Waals surface area contributed by atoms with Gasteiger partial charge in [0.05, 0.1) is 11.5 Å². The molecule has 0 spiro atoms. The van der Waals surface area contributed by atoms with Crippen LogP contribution < -0.4 is 10.6 Å². The summed E-state index contributed by atoms with van der Waals surface area (Å²) in [7, 11) is -2.82. The van der Waals surface area contributed by atoms with Gasteiger partial charge >= 0.3 is 0 Å². The van der Waals surface area contributed by atoms with E-state index in [0.29, 0.717) is 18.9 Å². The van der Waals surface area contributed by atoms with E-state index < -0.39 is 9.84 Å². The Kier molecular flexibility index (Phi) is 2.59. The monoisotopic (exact) mass is 247 g/mol. The second kappa shape index (κ2) is 3.64. The third-order valence-electron chi connectivity index (χ3n) is 2.57. The number of anilines is 2. The van der Waals surface area contributed by atoms with Crippen LogP contribution in [0.3, 0.4) is 0 Å². The molecule has 1 aliphatic rings. The maximum Gasteiger partial charge on any atom is 0.153 e. The molecule has 0 unspecified atom stereocenters. The van der Waals surface area contributed by atoms with Crippen molar-refractivity contribution < 1.29 is 8.42 Å². The molecule has 1 saturated heterocycles. The van der Waals surface area contributed by atoms with Crippen molar-refractivity contribution in [3.05, 3.63) is 5.56 Å². The molecule has 1 aromatic heterocycles. The summed E-state index contributed by atoms with van der Waals surface area (Å²) in [6, 6.07) is 0. The molecule has 0 atom stereocenters. The van der Waals surface area contributed by atoms with Crippen LogP contribution in [0.2, 0.25) is 0 Å². The van der Waals surface area contributed by atoms with E-state index in [1.165, 1.54) is 11.5 Å². The van der Waals surface area contributed by atoms with Crippen molar-refractivity contribution in [2.75, 3.05) is 35.2 Å². The normalized spacial score (nSPS) is 20.5. The summed E-state index contributed by atoms with van der Waals surface area (Å²) in [5.41, 5.74) is 6.61. The van der Waals surface area contributed by atoms with Gasteiger partial charge in [0.25, 0.3) is 0 Å². The van der Waals surface area contributed by atoms with Gasteiger partial charge in [-0.3, -0.25) is 0 Å². The van der Waals surface area contributed by atoms with Gasteiger partial charge in [0.2, 0.25) is 0 Å². The first-order chi connectivity index (χ1) is 6.99.